The first-order valence-electron chi connectivity index (χ1n) is 12.4. The zero-order valence-electron chi connectivity index (χ0n) is 21.7. The Balaban J connectivity index is 1.31. The summed E-state index contributed by atoms with van der Waals surface area (Å²) in [6, 6.07) is 17.3. The minimum atomic E-state index is -3.14. The second-order valence-electron chi connectivity index (χ2n) is 9.20. The predicted molar refractivity (Wildman–Crippen MR) is 162 cm³/mol. The van der Waals surface area contributed by atoms with Crippen LogP contribution in [-0.2, 0) is 21.2 Å². The number of amides is 1. The maximum atomic E-state index is 13.4. The number of thiophene rings is 1. The smallest absolute Gasteiger partial charge is 0.244 e. The molecule has 0 aliphatic heterocycles. The van der Waals surface area contributed by atoms with Crippen LogP contribution in [0.15, 0.2) is 73.1 Å². The number of sulfone groups is 1. The van der Waals surface area contributed by atoms with Crippen molar-refractivity contribution in [1.29, 1.82) is 0 Å². The number of carbonyl (C=O) groups excluding carboxylic acids is 1. The minimum absolute atomic E-state index is 0.0572. The Hall–Kier alpha value is -4.06. The van der Waals surface area contributed by atoms with Crippen LogP contribution >= 0.6 is 22.9 Å². The molecule has 12 heteroatoms. The van der Waals surface area contributed by atoms with Gasteiger partial charge in [0.1, 0.15) is 45.0 Å². The van der Waals surface area contributed by atoms with Crippen LogP contribution in [0.1, 0.15) is 11.1 Å². The van der Waals surface area contributed by atoms with Crippen LogP contribution in [-0.4, -0.2) is 42.8 Å². The molecular weight excluding hydrogens is 587 g/mol. The Kier molecular flexibility index (Phi) is 8.48. The van der Waals surface area contributed by atoms with Gasteiger partial charge >= 0.3 is 0 Å². The largest absolute Gasteiger partial charge is 0.487 e. The summed E-state index contributed by atoms with van der Waals surface area (Å²) in [4.78, 5) is 21.7. The van der Waals surface area contributed by atoms with E-state index in [1.165, 1.54) is 35.9 Å². The highest BCUT2D eigenvalue weighted by atomic mass is 35.5. The van der Waals surface area contributed by atoms with E-state index in [1.54, 1.807) is 30.3 Å². The molecule has 5 rings (SSSR count). The Morgan fingerprint density at radius 2 is 1.98 bits per heavy atom. The van der Waals surface area contributed by atoms with Gasteiger partial charge < -0.3 is 15.4 Å². The number of carbonyl (C=O) groups is 1. The Morgan fingerprint density at radius 3 is 2.76 bits per heavy atom. The first kappa shape index (κ1) is 28.5. The molecule has 41 heavy (non-hydrogen) atoms. The lowest BCUT2D eigenvalue weighted by atomic mass is 10.1. The second kappa shape index (κ2) is 12.2. The maximum Gasteiger partial charge on any atom is 0.244 e. The molecule has 0 aliphatic rings. The van der Waals surface area contributed by atoms with Crippen LogP contribution in [0.4, 0.5) is 15.9 Å². The van der Waals surface area contributed by atoms with Crippen molar-refractivity contribution in [2.45, 2.75) is 6.61 Å². The molecule has 0 aliphatic carbocycles. The lowest BCUT2D eigenvalue weighted by Crippen LogP contribution is -2.27. The summed E-state index contributed by atoms with van der Waals surface area (Å²) >= 11 is 7.97. The topological polar surface area (TPSA) is 110 Å². The third kappa shape index (κ3) is 7.37. The number of aromatic nitrogens is 2. The van der Waals surface area contributed by atoms with E-state index in [4.69, 9.17) is 16.3 Å². The predicted octanol–water partition coefficient (Wildman–Crippen LogP) is 6.13. The molecule has 0 fully saturated rings. The Labute approximate surface area is 244 Å². The van der Waals surface area contributed by atoms with Crippen molar-refractivity contribution < 1.29 is 22.3 Å². The first-order valence-corrected chi connectivity index (χ1v) is 15.6. The molecule has 0 atom stereocenters. The van der Waals surface area contributed by atoms with E-state index >= 15 is 0 Å². The average molecular weight is 611 g/mol. The number of nitrogens with zero attached hydrogens (tertiary/aromatic N) is 2. The highest BCUT2D eigenvalue weighted by Crippen LogP contribution is 2.38. The molecule has 0 bridgehead atoms. The number of hydrogen-bond donors (Lipinski definition) is 2. The fraction of sp³-hybridized carbons (Fsp3) is 0.138. The van der Waals surface area contributed by atoms with Gasteiger partial charge in [-0.15, -0.1) is 11.3 Å². The van der Waals surface area contributed by atoms with Gasteiger partial charge in [-0.05, 0) is 53.6 Å². The monoisotopic (exact) mass is 610 g/mol. The third-order valence-electron chi connectivity index (χ3n) is 5.97. The summed E-state index contributed by atoms with van der Waals surface area (Å²) in [6.07, 6.45) is 5.66. The summed E-state index contributed by atoms with van der Waals surface area (Å²) in [5, 5.41) is 8.07. The van der Waals surface area contributed by atoms with E-state index in [0.29, 0.717) is 27.8 Å². The van der Waals surface area contributed by atoms with E-state index in [-0.39, 0.29) is 30.6 Å². The number of anilines is 2. The fourth-order valence-corrected chi connectivity index (χ4v) is 5.83. The Bertz CT molecular complexity index is 1890. The van der Waals surface area contributed by atoms with Crippen LogP contribution in [0.5, 0.6) is 5.75 Å². The summed E-state index contributed by atoms with van der Waals surface area (Å²) < 4.78 is 42.6. The van der Waals surface area contributed by atoms with Gasteiger partial charge in [0.15, 0.2) is 0 Å². The van der Waals surface area contributed by atoms with Gasteiger partial charge in [-0.1, -0.05) is 35.9 Å². The van der Waals surface area contributed by atoms with E-state index in [9.17, 15) is 17.6 Å². The van der Waals surface area contributed by atoms with Crippen molar-refractivity contribution in [3.63, 3.8) is 0 Å². The van der Waals surface area contributed by atoms with E-state index < -0.39 is 9.84 Å². The summed E-state index contributed by atoms with van der Waals surface area (Å²) in [6.45, 7) is 0.240. The second-order valence-corrected chi connectivity index (χ2v) is 12.9. The molecular formula is C29H24ClFN4O4S2. The van der Waals surface area contributed by atoms with E-state index in [2.05, 4.69) is 20.6 Å². The average Bonchev–Trinajstić information content (AvgIpc) is 3.29. The molecule has 1 amide bonds. The lowest BCUT2D eigenvalue weighted by molar-refractivity contribution is -0.116. The van der Waals surface area contributed by atoms with Gasteiger partial charge in [-0.2, -0.15) is 0 Å². The summed E-state index contributed by atoms with van der Waals surface area (Å²) in [7, 11) is -3.14. The zero-order chi connectivity index (χ0) is 29.0. The minimum Gasteiger partial charge on any atom is -0.487 e. The van der Waals surface area contributed by atoms with Gasteiger partial charge in [0, 0.05) is 34.7 Å². The first-order chi connectivity index (χ1) is 19.6. The van der Waals surface area contributed by atoms with Crippen molar-refractivity contribution in [3.8, 4) is 5.75 Å². The molecule has 3 aromatic carbocycles. The molecule has 0 saturated heterocycles. The van der Waals surface area contributed by atoms with Crippen LogP contribution in [0.25, 0.3) is 26.4 Å². The van der Waals surface area contributed by atoms with Crippen molar-refractivity contribution in [3.05, 3.63) is 95.0 Å². The van der Waals surface area contributed by atoms with Crippen molar-refractivity contribution in [2.24, 2.45) is 0 Å². The van der Waals surface area contributed by atoms with Crippen molar-refractivity contribution in [2.75, 3.05) is 23.9 Å². The van der Waals surface area contributed by atoms with Gasteiger partial charge in [0.2, 0.25) is 5.91 Å². The number of ether oxygens (including phenoxy) is 1. The maximum absolute atomic E-state index is 13.4. The number of nitrogens with one attached hydrogen (secondary N) is 2. The van der Waals surface area contributed by atoms with Gasteiger partial charge in [0.25, 0.3) is 0 Å². The number of fused-ring (bicyclic) bond motifs is 3. The molecule has 0 spiro atoms. The molecule has 210 valence electrons. The summed E-state index contributed by atoms with van der Waals surface area (Å²) in [5.41, 5.74) is 2.21. The molecule has 2 heterocycles. The highest BCUT2D eigenvalue weighted by Gasteiger charge is 2.13. The van der Waals surface area contributed by atoms with E-state index in [1.807, 2.05) is 24.3 Å². The zero-order valence-corrected chi connectivity index (χ0v) is 24.1. The van der Waals surface area contributed by atoms with Crippen LogP contribution in [0.2, 0.25) is 5.02 Å². The third-order valence-corrected chi connectivity index (χ3v) is 8.27. The van der Waals surface area contributed by atoms with Crippen LogP contribution < -0.4 is 15.4 Å². The molecule has 2 aromatic heterocycles. The number of hydrogen-bond acceptors (Lipinski definition) is 8. The van der Waals surface area contributed by atoms with Crippen LogP contribution in [0, 0.1) is 5.82 Å². The van der Waals surface area contributed by atoms with Crippen molar-refractivity contribution in [1.82, 2.24) is 15.3 Å². The number of halogens is 2. The summed E-state index contributed by atoms with van der Waals surface area (Å²) in [5.74, 6) is 0.275. The molecule has 8 nitrogen and oxygen atoms in total. The number of rotatable bonds is 10. The van der Waals surface area contributed by atoms with Gasteiger partial charge in [-0.3, -0.25) is 4.79 Å². The number of benzene rings is 3. The molecule has 2 N–H and O–H groups in total. The molecule has 0 saturated carbocycles. The fourth-order valence-electron chi connectivity index (χ4n) is 4.03. The quantitative estimate of drug-likeness (QED) is 0.183. The normalized spacial score (nSPS) is 11.8. The molecule has 0 radical (unpaired) electrons. The van der Waals surface area contributed by atoms with Gasteiger partial charge in [0.05, 0.1) is 16.2 Å². The van der Waals surface area contributed by atoms with Crippen molar-refractivity contribution >= 4 is 76.6 Å². The van der Waals surface area contributed by atoms with Crippen LogP contribution in [0.3, 0.4) is 0 Å². The highest BCUT2D eigenvalue weighted by molar-refractivity contribution is 7.90. The standard InChI is InChI=1S/C29H24ClFN4O4S2/c1-41(37,38)12-11-32-26(36)10-6-18-5-8-22-25(14-18)40-29-27(22)28(33-17-34-29)35-21-7-9-24(23(30)15-21)39-16-19-3-2-4-20(31)13-19/h2-10,13-15,17H,11-12,16H2,1H3,(H,32,36)(H,33,34,35). The Morgan fingerprint density at radius 1 is 1.12 bits per heavy atom. The molecule has 5 aromatic rings. The van der Waals surface area contributed by atoms with Gasteiger partial charge in [-0.25, -0.2) is 22.8 Å². The lowest BCUT2D eigenvalue weighted by Gasteiger charge is -2.11. The molecule has 0 unspecified atom stereocenters. The van der Waals surface area contributed by atoms with E-state index in [0.717, 1.165) is 32.1 Å². The SMILES string of the molecule is CS(=O)(=O)CCNC(=O)C=Cc1ccc2c(c1)sc1ncnc(Nc3ccc(OCc4cccc(F)c4)c(Cl)c3)c12.